The zero-order valence-corrected chi connectivity index (χ0v) is 13.9. The molecule has 0 spiro atoms. The fourth-order valence-electron chi connectivity index (χ4n) is 3.39. The molecule has 1 aliphatic carbocycles. The Hall–Kier alpha value is -3.05. The Kier molecular flexibility index (Phi) is 4.22. The van der Waals surface area contributed by atoms with Gasteiger partial charge >= 0.3 is 0 Å². The van der Waals surface area contributed by atoms with Crippen molar-refractivity contribution in [2.24, 2.45) is 0 Å². The molecule has 0 aliphatic heterocycles. The summed E-state index contributed by atoms with van der Waals surface area (Å²) in [5.41, 5.74) is 3.25. The highest BCUT2D eigenvalue weighted by Crippen LogP contribution is 2.31. The van der Waals surface area contributed by atoms with Crippen LogP contribution in [-0.4, -0.2) is 22.1 Å². The highest BCUT2D eigenvalue weighted by Gasteiger charge is 2.32. The number of benzene rings is 2. The van der Waals surface area contributed by atoms with E-state index in [1.165, 1.54) is 6.07 Å². The van der Waals surface area contributed by atoms with Crippen molar-refractivity contribution >= 4 is 5.91 Å². The number of aliphatic hydroxyl groups excluding tert-OH is 1. The summed E-state index contributed by atoms with van der Waals surface area (Å²) in [6, 6.07) is 14.9. The van der Waals surface area contributed by atoms with Crippen molar-refractivity contribution in [3.63, 3.8) is 0 Å². The van der Waals surface area contributed by atoms with Gasteiger partial charge in [0.15, 0.2) is 0 Å². The van der Waals surface area contributed by atoms with E-state index in [1.54, 1.807) is 36.7 Å². The number of carbonyl (C=O) groups excluding carboxylic acids is 1. The van der Waals surface area contributed by atoms with E-state index in [0.717, 1.165) is 11.1 Å². The third-order valence-corrected chi connectivity index (χ3v) is 4.71. The van der Waals surface area contributed by atoms with Crippen molar-refractivity contribution in [1.82, 2.24) is 10.3 Å². The second-order valence-electron chi connectivity index (χ2n) is 6.35. The molecule has 2 N–H and O–H groups in total. The van der Waals surface area contributed by atoms with Gasteiger partial charge in [-0.25, -0.2) is 4.39 Å². The molecule has 1 aliphatic rings. The maximum Gasteiger partial charge on any atom is 0.251 e. The van der Waals surface area contributed by atoms with Crippen LogP contribution >= 0.6 is 0 Å². The largest absolute Gasteiger partial charge is 0.390 e. The first kappa shape index (κ1) is 16.4. The second kappa shape index (κ2) is 6.69. The number of fused-ring (bicyclic) bond motifs is 1. The molecule has 0 bridgehead atoms. The molecule has 26 heavy (non-hydrogen) atoms. The Labute approximate surface area is 150 Å². The third kappa shape index (κ3) is 2.97. The van der Waals surface area contributed by atoms with Crippen LogP contribution in [0.4, 0.5) is 4.39 Å². The predicted molar refractivity (Wildman–Crippen MR) is 96.0 cm³/mol. The van der Waals surface area contributed by atoms with Crippen LogP contribution < -0.4 is 5.32 Å². The standard InChI is InChI=1S/C21H17FN2O2/c22-18-11-15(5-6-16(18)13-7-9-23-10-8-13)21(26)24-20-17-4-2-1-3-14(17)12-19(20)25/h1-11,19-20,25H,12H2,(H,24,26)/t19-,20+/m0/s1. The average Bonchev–Trinajstić information content (AvgIpc) is 2.98. The summed E-state index contributed by atoms with van der Waals surface area (Å²) in [5.74, 6) is -0.887. The SMILES string of the molecule is O=C(N[C@@H]1c2ccccc2C[C@@H]1O)c1ccc(-c2ccncc2)c(F)c1. The summed E-state index contributed by atoms with van der Waals surface area (Å²) >= 11 is 0. The van der Waals surface area contributed by atoms with E-state index >= 15 is 0 Å². The van der Waals surface area contributed by atoms with Gasteiger partial charge in [0.25, 0.3) is 5.91 Å². The summed E-state index contributed by atoms with van der Waals surface area (Å²) in [4.78, 5) is 16.5. The molecule has 0 unspecified atom stereocenters. The van der Waals surface area contributed by atoms with E-state index in [9.17, 15) is 14.3 Å². The molecule has 2 atom stereocenters. The van der Waals surface area contributed by atoms with Crippen LogP contribution in [0.2, 0.25) is 0 Å². The highest BCUT2D eigenvalue weighted by atomic mass is 19.1. The fourth-order valence-corrected chi connectivity index (χ4v) is 3.39. The van der Waals surface area contributed by atoms with Crippen molar-refractivity contribution < 1.29 is 14.3 Å². The summed E-state index contributed by atoms with van der Waals surface area (Å²) in [6.45, 7) is 0. The lowest BCUT2D eigenvalue weighted by molar-refractivity contribution is 0.0858. The lowest BCUT2D eigenvalue weighted by Gasteiger charge is -2.18. The monoisotopic (exact) mass is 348 g/mol. The first-order valence-electron chi connectivity index (χ1n) is 8.40. The Morgan fingerprint density at radius 3 is 2.65 bits per heavy atom. The van der Waals surface area contributed by atoms with Gasteiger partial charge in [-0.1, -0.05) is 30.3 Å². The minimum atomic E-state index is -0.683. The zero-order chi connectivity index (χ0) is 18.1. The number of hydrogen-bond acceptors (Lipinski definition) is 3. The zero-order valence-electron chi connectivity index (χ0n) is 13.9. The normalized spacial score (nSPS) is 18.4. The lowest BCUT2D eigenvalue weighted by atomic mass is 10.0. The number of hydrogen-bond donors (Lipinski definition) is 2. The molecule has 5 heteroatoms. The molecule has 1 heterocycles. The minimum Gasteiger partial charge on any atom is -0.390 e. The van der Waals surface area contributed by atoms with Gasteiger partial charge < -0.3 is 10.4 Å². The van der Waals surface area contributed by atoms with Crippen molar-refractivity contribution in [2.75, 3.05) is 0 Å². The molecule has 0 fully saturated rings. The third-order valence-electron chi connectivity index (χ3n) is 4.71. The molecule has 4 nitrogen and oxygen atoms in total. The molecule has 0 saturated carbocycles. The first-order valence-corrected chi connectivity index (χ1v) is 8.40. The van der Waals surface area contributed by atoms with E-state index < -0.39 is 23.9 Å². The van der Waals surface area contributed by atoms with Crippen LogP contribution in [0.25, 0.3) is 11.1 Å². The number of amides is 1. The van der Waals surface area contributed by atoms with E-state index in [1.807, 2.05) is 24.3 Å². The average molecular weight is 348 g/mol. The van der Waals surface area contributed by atoms with Crippen LogP contribution in [-0.2, 0) is 6.42 Å². The molecule has 0 saturated heterocycles. The van der Waals surface area contributed by atoms with Crippen LogP contribution in [0.15, 0.2) is 67.0 Å². The van der Waals surface area contributed by atoms with Crippen LogP contribution in [0.5, 0.6) is 0 Å². The molecule has 2 aromatic carbocycles. The van der Waals surface area contributed by atoms with Crippen molar-refractivity contribution in [2.45, 2.75) is 18.6 Å². The minimum absolute atomic E-state index is 0.219. The number of aromatic nitrogens is 1. The summed E-state index contributed by atoms with van der Waals surface area (Å²) < 4.78 is 14.5. The number of halogens is 1. The molecule has 0 radical (unpaired) electrons. The van der Waals surface area contributed by atoms with E-state index in [0.29, 0.717) is 17.5 Å². The Bertz CT molecular complexity index is 959. The van der Waals surface area contributed by atoms with Crippen molar-refractivity contribution in [1.29, 1.82) is 0 Å². The maximum atomic E-state index is 14.5. The number of aliphatic hydroxyl groups is 1. The van der Waals surface area contributed by atoms with E-state index in [4.69, 9.17) is 0 Å². The van der Waals surface area contributed by atoms with Gasteiger partial charge in [0, 0.05) is 29.9 Å². The maximum absolute atomic E-state index is 14.5. The molecule has 1 amide bonds. The number of carbonyl (C=O) groups is 1. The molecular formula is C21H17FN2O2. The molecule has 130 valence electrons. The van der Waals surface area contributed by atoms with Gasteiger partial charge in [0.2, 0.25) is 0 Å². The fraction of sp³-hybridized carbons (Fsp3) is 0.143. The number of pyridine rings is 1. The van der Waals surface area contributed by atoms with Crippen LogP contribution in [0, 0.1) is 5.82 Å². The topological polar surface area (TPSA) is 62.2 Å². The molecule has 3 aromatic rings. The van der Waals surface area contributed by atoms with Gasteiger partial charge in [0.1, 0.15) is 5.82 Å². The second-order valence-corrected chi connectivity index (χ2v) is 6.35. The van der Waals surface area contributed by atoms with Gasteiger partial charge in [-0.05, 0) is 41.0 Å². The smallest absolute Gasteiger partial charge is 0.251 e. The van der Waals surface area contributed by atoms with Crippen LogP contribution in [0.3, 0.4) is 0 Å². The van der Waals surface area contributed by atoms with E-state index in [2.05, 4.69) is 10.3 Å². The highest BCUT2D eigenvalue weighted by molar-refractivity contribution is 5.95. The predicted octanol–water partition coefficient (Wildman–Crippen LogP) is 3.28. The molecule has 1 aromatic heterocycles. The van der Waals surface area contributed by atoms with Gasteiger partial charge in [0.05, 0.1) is 12.1 Å². The number of nitrogens with zero attached hydrogens (tertiary/aromatic N) is 1. The van der Waals surface area contributed by atoms with Gasteiger partial charge in [-0.3, -0.25) is 9.78 Å². The summed E-state index contributed by atoms with van der Waals surface area (Å²) in [6.07, 6.45) is 3.00. The quantitative estimate of drug-likeness (QED) is 0.764. The first-order chi connectivity index (χ1) is 12.6. The van der Waals surface area contributed by atoms with E-state index in [-0.39, 0.29) is 5.56 Å². The van der Waals surface area contributed by atoms with Crippen molar-refractivity contribution in [3.8, 4) is 11.1 Å². The Balaban J connectivity index is 1.57. The summed E-state index contributed by atoms with van der Waals surface area (Å²) in [5, 5.41) is 13.1. The van der Waals surface area contributed by atoms with Crippen LogP contribution in [0.1, 0.15) is 27.5 Å². The van der Waals surface area contributed by atoms with Gasteiger partial charge in [-0.15, -0.1) is 0 Å². The van der Waals surface area contributed by atoms with Crippen molar-refractivity contribution in [3.05, 3.63) is 89.5 Å². The Morgan fingerprint density at radius 1 is 1.12 bits per heavy atom. The number of nitrogens with one attached hydrogen (secondary N) is 1. The van der Waals surface area contributed by atoms with Gasteiger partial charge in [-0.2, -0.15) is 0 Å². The lowest BCUT2D eigenvalue weighted by Crippen LogP contribution is -2.33. The molecular weight excluding hydrogens is 331 g/mol. The number of rotatable bonds is 3. The summed E-state index contributed by atoms with van der Waals surface area (Å²) in [7, 11) is 0. The molecule has 4 rings (SSSR count). The Morgan fingerprint density at radius 2 is 1.88 bits per heavy atom.